The molecule has 128 valence electrons. The van der Waals surface area contributed by atoms with Gasteiger partial charge in [0.2, 0.25) is 0 Å². The quantitative estimate of drug-likeness (QED) is 0.901. The van der Waals surface area contributed by atoms with Crippen molar-refractivity contribution >= 4 is 5.91 Å². The van der Waals surface area contributed by atoms with Crippen LogP contribution in [0.4, 0.5) is 0 Å². The van der Waals surface area contributed by atoms with Crippen molar-refractivity contribution in [2.45, 2.75) is 5.92 Å². The van der Waals surface area contributed by atoms with E-state index in [9.17, 15) is 9.90 Å². The van der Waals surface area contributed by atoms with Crippen LogP contribution >= 0.6 is 0 Å². The fourth-order valence-electron chi connectivity index (χ4n) is 4.03. The van der Waals surface area contributed by atoms with Crippen molar-refractivity contribution in [3.05, 3.63) is 53.3 Å². The van der Waals surface area contributed by atoms with Crippen LogP contribution in [0.2, 0.25) is 0 Å². The number of carbonyl (C=O) groups excluding carboxylic acids is 1. The van der Waals surface area contributed by atoms with E-state index in [0.717, 1.165) is 11.3 Å². The second kappa shape index (κ2) is 5.64. The Labute approximate surface area is 145 Å². The van der Waals surface area contributed by atoms with Crippen LogP contribution in [0.5, 0.6) is 5.75 Å². The molecule has 1 aromatic heterocycles. The van der Waals surface area contributed by atoms with Crippen molar-refractivity contribution in [2.75, 3.05) is 26.3 Å². The Bertz CT molecular complexity index is 882. The van der Waals surface area contributed by atoms with Crippen molar-refractivity contribution in [2.24, 2.45) is 12.5 Å². The lowest BCUT2D eigenvalue weighted by molar-refractivity contribution is 0.0438. The molecule has 0 saturated carbocycles. The molecule has 0 spiro atoms. The van der Waals surface area contributed by atoms with Crippen molar-refractivity contribution in [3.8, 4) is 11.8 Å². The number of aliphatic hydroxyl groups excluding tert-OH is 1. The highest BCUT2D eigenvalue weighted by molar-refractivity contribution is 5.93. The minimum Gasteiger partial charge on any atom is -0.493 e. The molecule has 1 amide bonds. The molecule has 0 aliphatic carbocycles. The van der Waals surface area contributed by atoms with Gasteiger partial charge < -0.3 is 19.3 Å². The van der Waals surface area contributed by atoms with Gasteiger partial charge in [0, 0.05) is 32.3 Å². The van der Waals surface area contributed by atoms with Gasteiger partial charge in [0.25, 0.3) is 5.91 Å². The van der Waals surface area contributed by atoms with Gasteiger partial charge in [-0.2, -0.15) is 5.26 Å². The Morgan fingerprint density at radius 3 is 3.00 bits per heavy atom. The highest BCUT2D eigenvalue weighted by Gasteiger charge is 2.52. The second-order valence-corrected chi connectivity index (χ2v) is 6.92. The molecule has 2 aliphatic heterocycles. The number of amides is 1. The monoisotopic (exact) mass is 337 g/mol. The molecule has 2 aliphatic rings. The normalized spacial score (nSPS) is 24.2. The van der Waals surface area contributed by atoms with Gasteiger partial charge in [0.15, 0.2) is 0 Å². The van der Waals surface area contributed by atoms with Crippen molar-refractivity contribution < 1.29 is 14.6 Å². The van der Waals surface area contributed by atoms with E-state index in [2.05, 4.69) is 6.07 Å². The van der Waals surface area contributed by atoms with Gasteiger partial charge in [-0.25, -0.2) is 0 Å². The van der Waals surface area contributed by atoms with E-state index in [1.165, 1.54) is 0 Å². The van der Waals surface area contributed by atoms with Gasteiger partial charge in [-0.1, -0.05) is 18.2 Å². The third kappa shape index (κ3) is 2.31. The number of hydrogen-bond acceptors (Lipinski definition) is 4. The number of hydrogen-bond donors (Lipinski definition) is 1. The molecule has 3 heterocycles. The minimum atomic E-state index is -0.479. The number of aryl methyl sites for hydroxylation is 1. The van der Waals surface area contributed by atoms with E-state index in [-0.39, 0.29) is 18.4 Å². The Morgan fingerprint density at radius 1 is 1.48 bits per heavy atom. The second-order valence-electron chi connectivity index (χ2n) is 6.92. The third-order valence-electron chi connectivity index (χ3n) is 5.41. The summed E-state index contributed by atoms with van der Waals surface area (Å²) >= 11 is 0. The Kier molecular flexibility index (Phi) is 3.55. The van der Waals surface area contributed by atoms with E-state index < -0.39 is 5.41 Å². The fourth-order valence-corrected chi connectivity index (χ4v) is 4.03. The summed E-state index contributed by atoms with van der Waals surface area (Å²) in [4.78, 5) is 14.8. The molecule has 0 radical (unpaired) electrons. The number of carbonyl (C=O) groups is 1. The van der Waals surface area contributed by atoms with Gasteiger partial charge in [-0.3, -0.25) is 4.79 Å². The molecule has 1 N–H and O–H groups in total. The first kappa shape index (κ1) is 15.7. The van der Waals surface area contributed by atoms with E-state index in [0.29, 0.717) is 31.0 Å². The number of para-hydroxylation sites is 1. The zero-order chi connectivity index (χ0) is 17.6. The maximum Gasteiger partial charge on any atom is 0.270 e. The number of aromatic nitrogens is 1. The number of rotatable bonds is 2. The lowest BCUT2D eigenvalue weighted by atomic mass is 9.74. The molecule has 6 nitrogen and oxygen atoms in total. The molecule has 4 rings (SSSR count). The van der Waals surface area contributed by atoms with Crippen LogP contribution < -0.4 is 4.74 Å². The summed E-state index contributed by atoms with van der Waals surface area (Å²) in [6.45, 7) is 1.33. The predicted molar refractivity (Wildman–Crippen MR) is 90.2 cm³/mol. The topological polar surface area (TPSA) is 78.5 Å². The molecule has 1 saturated heterocycles. The van der Waals surface area contributed by atoms with Crippen molar-refractivity contribution in [3.63, 3.8) is 0 Å². The van der Waals surface area contributed by atoms with Gasteiger partial charge in [-0.15, -0.1) is 0 Å². The highest BCUT2D eigenvalue weighted by Crippen LogP contribution is 2.49. The molecule has 1 aromatic carbocycles. The smallest absolute Gasteiger partial charge is 0.270 e. The summed E-state index contributed by atoms with van der Waals surface area (Å²) < 4.78 is 7.54. The molecule has 0 unspecified atom stereocenters. The number of nitrogens with zero attached hydrogens (tertiary/aromatic N) is 3. The number of aliphatic hydroxyl groups is 1. The summed E-state index contributed by atoms with van der Waals surface area (Å²) in [5, 5.41) is 19.1. The minimum absolute atomic E-state index is 0.0354. The SMILES string of the molecule is Cn1cc(C#N)cc1C(=O)N1C[C@H]2c3ccccc3OC[C@@]2(CO)C1. The van der Waals surface area contributed by atoms with E-state index in [4.69, 9.17) is 10.00 Å². The Balaban J connectivity index is 1.68. The summed E-state index contributed by atoms with van der Waals surface area (Å²) in [5.74, 6) is 0.752. The van der Waals surface area contributed by atoms with Crippen molar-refractivity contribution in [1.29, 1.82) is 5.26 Å². The Morgan fingerprint density at radius 2 is 2.28 bits per heavy atom. The van der Waals surface area contributed by atoms with Crippen LogP contribution in [-0.2, 0) is 7.05 Å². The summed E-state index contributed by atoms with van der Waals surface area (Å²) in [6, 6.07) is 11.5. The average molecular weight is 337 g/mol. The first-order valence-electron chi connectivity index (χ1n) is 8.26. The molecule has 1 fully saturated rings. The first-order chi connectivity index (χ1) is 12.1. The van der Waals surface area contributed by atoms with Crippen LogP contribution in [0.3, 0.4) is 0 Å². The summed E-state index contributed by atoms with van der Waals surface area (Å²) in [7, 11) is 1.76. The molecular formula is C19H19N3O3. The van der Waals surface area contributed by atoms with E-state index in [1.54, 1.807) is 28.8 Å². The Hall–Kier alpha value is -2.78. The summed E-state index contributed by atoms with van der Waals surface area (Å²) in [6.07, 6.45) is 1.65. The number of nitriles is 1. The third-order valence-corrected chi connectivity index (χ3v) is 5.41. The van der Waals surface area contributed by atoms with Crippen LogP contribution in [0.1, 0.15) is 27.5 Å². The number of ether oxygens (including phenoxy) is 1. The van der Waals surface area contributed by atoms with Gasteiger partial charge in [0.05, 0.1) is 24.2 Å². The first-order valence-corrected chi connectivity index (χ1v) is 8.26. The number of likely N-dealkylation sites (tertiary alicyclic amines) is 1. The van der Waals surface area contributed by atoms with Crippen LogP contribution in [-0.4, -0.2) is 46.8 Å². The van der Waals surface area contributed by atoms with Crippen molar-refractivity contribution in [1.82, 2.24) is 9.47 Å². The van der Waals surface area contributed by atoms with E-state index in [1.807, 2.05) is 24.3 Å². The lowest BCUT2D eigenvalue weighted by Gasteiger charge is -2.37. The van der Waals surface area contributed by atoms with Gasteiger partial charge >= 0.3 is 0 Å². The lowest BCUT2D eigenvalue weighted by Crippen LogP contribution is -2.42. The molecular weight excluding hydrogens is 318 g/mol. The number of fused-ring (bicyclic) bond motifs is 3. The fraction of sp³-hybridized carbons (Fsp3) is 0.368. The van der Waals surface area contributed by atoms with Crippen LogP contribution in [0.25, 0.3) is 0 Å². The van der Waals surface area contributed by atoms with Gasteiger partial charge in [-0.05, 0) is 17.7 Å². The summed E-state index contributed by atoms with van der Waals surface area (Å²) in [5.41, 5.74) is 1.51. The molecule has 2 atom stereocenters. The van der Waals surface area contributed by atoms with Crippen LogP contribution in [0, 0.1) is 16.7 Å². The predicted octanol–water partition coefficient (Wildman–Crippen LogP) is 1.51. The maximum atomic E-state index is 13.0. The number of benzene rings is 1. The van der Waals surface area contributed by atoms with Gasteiger partial charge in [0.1, 0.15) is 17.5 Å². The molecule has 2 aromatic rings. The maximum absolute atomic E-state index is 13.0. The zero-order valence-electron chi connectivity index (χ0n) is 14.0. The highest BCUT2D eigenvalue weighted by atomic mass is 16.5. The van der Waals surface area contributed by atoms with Crippen LogP contribution in [0.15, 0.2) is 36.5 Å². The zero-order valence-corrected chi connectivity index (χ0v) is 14.0. The standard InChI is InChI=1S/C19H19N3O3/c1-21-8-13(7-20)6-16(21)18(24)22-9-15-14-4-2-3-5-17(14)25-12-19(15,10-22)11-23/h2-6,8,15,23H,9-12H2,1H3/t15-,19-/m0/s1. The average Bonchev–Trinajstić information content (AvgIpc) is 3.22. The molecule has 25 heavy (non-hydrogen) atoms. The molecule has 0 bridgehead atoms. The van der Waals surface area contributed by atoms with E-state index >= 15 is 0 Å². The molecule has 6 heteroatoms. The largest absolute Gasteiger partial charge is 0.493 e.